The Hall–Kier alpha value is -2.05. The Kier molecular flexibility index (Phi) is 5.69. The number of hydrogen-bond donors (Lipinski definition) is 0. The van der Waals surface area contributed by atoms with Crippen LogP contribution in [-0.2, 0) is 23.8 Å². The van der Waals surface area contributed by atoms with Crippen molar-refractivity contribution in [3.63, 3.8) is 0 Å². The molecule has 3 atom stereocenters. The first-order chi connectivity index (χ1) is 15.0. The van der Waals surface area contributed by atoms with Gasteiger partial charge in [-0.05, 0) is 53.3 Å². The van der Waals surface area contributed by atoms with Crippen LogP contribution in [0.3, 0.4) is 0 Å². The normalized spacial score (nSPS) is 30.6. The predicted molar refractivity (Wildman–Crippen MR) is 116 cm³/mol. The summed E-state index contributed by atoms with van der Waals surface area (Å²) >= 11 is 6.00. The molecule has 162 valence electrons. The fourth-order valence-corrected chi connectivity index (χ4v) is 5.04. The number of ketones is 2. The number of Topliss-reactive ketones (excluding diaryl/α,β-unsaturated/α-hetero) is 2. The lowest BCUT2D eigenvalue weighted by Gasteiger charge is -2.29. The van der Waals surface area contributed by atoms with Gasteiger partial charge in [-0.1, -0.05) is 35.9 Å². The van der Waals surface area contributed by atoms with Crippen molar-refractivity contribution in [1.29, 1.82) is 0 Å². The van der Waals surface area contributed by atoms with Gasteiger partial charge in [0.25, 0.3) is 0 Å². The predicted octanol–water partition coefficient (Wildman–Crippen LogP) is 4.48. The fourth-order valence-electron chi connectivity index (χ4n) is 4.92. The topological polar surface area (TPSA) is 61.8 Å². The van der Waals surface area contributed by atoms with Crippen LogP contribution in [0.5, 0.6) is 0 Å². The highest BCUT2D eigenvalue weighted by Gasteiger charge is 2.43. The molecule has 3 fully saturated rings. The molecule has 2 aromatic carbocycles. The molecule has 2 heterocycles. The van der Waals surface area contributed by atoms with Crippen LogP contribution in [0.15, 0.2) is 42.5 Å². The zero-order valence-electron chi connectivity index (χ0n) is 17.4. The zero-order valence-corrected chi connectivity index (χ0v) is 18.1. The lowest BCUT2D eigenvalue weighted by Crippen LogP contribution is -2.34. The number of aryl methyl sites for hydroxylation is 1. The molecule has 31 heavy (non-hydrogen) atoms. The molecule has 0 spiro atoms. The van der Waals surface area contributed by atoms with Crippen molar-refractivity contribution in [2.45, 2.75) is 50.6 Å². The van der Waals surface area contributed by atoms with Gasteiger partial charge >= 0.3 is 0 Å². The van der Waals surface area contributed by atoms with E-state index in [4.69, 9.17) is 25.8 Å². The second-order valence-electron chi connectivity index (χ2n) is 8.77. The molecule has 0 radical (unpaired) electrons. The number of carbonyl (C=O) groups is 2. The van der Waals surface area contributed by atoms with Crippen LogP contribution >= 0.6 is 11.6 Å². The maximum absolute atomic E-state index is 13.1. The molecule has 0 N–H and O–H groups in total. The van der Waals surface area contributed by atoms with Crippen molar-refractivity contribution in [3.05, 3.63) is 58.6 Å². The van der Waals surface area contributed by atoms with E-state index in [9.17, 15) is 9.59 Å². The lowest BCUT2D eigenvalue weighted by molar-refractivity contribution is -0.137. The smallest absolute Gasteiger partial charge is 0.159 e. The van der Waals surface area contributed by atoms with Gasteiger partial charge in [-0.2, -0.15) is 0 Å². The van der Waals surface area contributed by atoms with E-state index in [1.807, 2.05) is 49.4 Å². The van der Waals surface area contributed by atoms with E-state index in [0.717, 1.165) is 22.3 Å². The van der Waals surface area contributed by atoms with E-state index < -0.39 is 5.92 Å². The van der Waals surface area contributed by atoms with Crippen molar-refractivity contribution in [2.24, 2.45) is 5.92 Å². The monoisotopic (exact) mass is 440 g/mol. The third kappa shape index (κ3) is 4.20. The zero-order chi connectivity index (χ0) is 21.5. The molecule has 3 aliphatic rings. The Morgan fingerprint density at radius 2 is 1.52 bits per heavy atom. The number of fused-ring (bicyclic) bond motifs is 1. The molecule has 5 rings (SSSR count). The number of ether oxygens (including phenoxy) is 3. The van der Waals surface area contributed by atoms with Gasteiger partial charge in [-0.15, -0.1) is 0 Å². The van der Waals surface area contributed by atoms with Gasteiger partial charge in [0.15, 0.2) is 6.29 Å². The largest absolute Gasteiger partial charge is 0.376 e. The van der Waals surface area contributed by atoms with Gasteiger partial charge in [-0.25, -0.2) is 0 Å². The summed E-state index contributed by atoms with van der Waals surface area (Å²) in [6.45, 7) is 3.05. The highest BCUT2D eigenvalue weighted by atomic mass is 35.5. The number of benzene rings is 2. The molecule has 0 amide bonds. The molecule has 2 aromatic rings. The van der Waals surface area contributed by atoms with Gasteiger partial charge in [0.05, 0.1) is 13.2 Å². The van der Waals surface area contributed by atoms with Crippen molar-refractivity contribution < 1.29 is 23.8 Å². The molecule has 2 saturated heterocycles. The minimum absolute atomic E-state index is 0.0147. The van der Waals surface area contributed by atoms with E-state index >= 15 is 0 Å². The van der Waals surface area contributed by atoms with E-state index in [1.54, 1.807) is 0 Å². The number of halogens is 1. The SMILES string of the molecule is Cc1ccc(-c2ccc(Cl)cc2)cc1C1C(=O)CC(CC2O[C@H]3COC[C@H]3O2)CC1=O. The second kappa shape index (κ2) is 8.47. The summed E-state index contributed by atoms with van der Waals surface area (Å²) in [5.74, 6) is -0.763. The second-order valence-corrected chi connectivity index (χ2v) is 9.21. The Labute approximate surface area is 186 Å². The Balaban J connectivity index is 1.31. The minimum Gasteiger partial charge on any atom is -0.376 e. The number of rotatable bonds is 4. The summed E-state index contributed by atoms with van der Waals surface area (Å²) in [6.07, 6.45) is 0.917. The van der Waals surface area contributed by atoms with Gasteiger partial charge < -0.3 is 14.2 Å². The molecule has 1 unspecified atom stereocenters. The number of carbonyl (C=O) groups excluding carboxylic acids is 2. The summed E-state index contributed by atoms with van der Waals surface area (Å²) in [5, 5.41) is 0.672. The van der Waals surface area contributed by atoms with Crippen LogP contribution in [0, 0.1) is 12.8 Å². The van der Waals surface area contributed by atoms with Gasteiger partial charge in [0.2, 0.25) is 0 Å². The quantitative estimate of drug-likeness (QED) is 0.656. The maximum atomic E-state index is 13.1. The maximum Gasteiger partial charge on any atom is 0.159 e. The van der Waals surface area contributed by atoms with Crippen LogP contribution in [0.1, 0.15) is 36.3 Å². The van der Waals surface area contributed by atoms with Gasteiger partial charge in [-0.3, -0.25) is 9.59 Å². The molecular weight excluding hydrogens is 416 g/mol. The molecule has 0 aromatic heterocycles. The minimum atomic E-state index is -0.693. The number of hydrogen-bond acceptors (Lipinski definition) is 5. The van der Waals surface area contributed by atoms with Crippen LogP contribution in [-0.4, -0.2) is 43.3 Å². The molecule has 1 aliphatic carbocycles. The van der Waals surface area contributed by atoms with Crippen LogP contribution < -0.4 is 0 Å². The highest BCUT2D eigenvalue weighted by molar-refractivity contribution is 6.30. The molecule has 0 bridgehead atoms. The van der Waals surface area contributed by atoms with E-state index in [2.05, 4.69) is 0 Å². The van der Waals surface area contributed by atoms with Crippen molar-refractivity contribution in [1.82, 2.24) is 0 Å². The lowest BCUT2D eigenvalue weighted by atomic mass is 9.74. The molecule has 6 heteroatoms. The molecule has 1 saturated carbocycles. The van der Waals surface area contributed by atoms with Gasteiger partial charge in [0.1, 0.15) is 29.7 Å². The van der Waals surface area contributed by atoms with Crippen molar-refractivity contribution >= 4 is 23.2 Å². The van der Waals surface area contributed by atoms with E-state index in [-0.39, 0.29) is 36.0 Å². The average Bonchev–Trinajstić information content (AvgIpc) is 3.31. The van der Waals surface area contributed by atoms with Crippen LogP contribution in [0.25, 0.3) is 11.1 Å². The van der Waals surface area contributed by atoms with Crippen LogP contribution in [0.2, 0.25) is 5.02 Å². The summed E-state index contributed by atoms with van der Waals surface area (Å²) in [6, 6.07) is 13.5. The first-order valence-electron chi connectivity index (χ1n) is 10.8. The first kappa shape index (κ1) is 20.8. The summed E-state index contributed by atoms with van der Waals surface area (Å²) in [4.78, 5) is 26.2. The molecule has 2 aliphatic heterocycles. The standard InChI is InChI=1S/C25H25ClO5/c1-14-2-3-17(16-4-6-18(26)7-5-16)11-19(14)25-20(27)8-15(9-21(25)28)10-24-30-22-12-29-13-23(22)31-24/h2-7,11,15,22-25H,8-10,12-13H2,1H3/t15?,22-,23+,24?,25?. The average molecular weight is 441 g/mol. The summed E-state index contributed by atoms with van der Waals surface area (Å²) < 4.78 is 17.1. The third-order valence-corrected chi connectivity index (χ3v) is 6.80. The van der Waals surface area contributed by atoms with Gasteiger partial charge in [0, 0.05) is 24.3 Å². The molecule has 5 nitrogen and oxygen atoms in total. The fraction of sp³-hybridized carbons (Fsp3) is 0.440. The van der Waals surface area contributed by atoms with E-state index in [0.29, 0.717) is 37.5 Å². The Bertz CT molecular complexity index is 971. The van der Waals surface area contributed by atoms with Crippen molar-refractivity contribution in [2.75, 3.05) is 13.2 Å². The van der Waals surface area contributed by atoms with Crippen LogP contribution in [0.4, 0.5) is 0 Å². The summed E-state index contributed by atoms with van der Waals surface area (Å²) in [5.41, 5.74) is 3.74. The Morgan fingerprint density at radius 1 is 0.903 bits per heavy atom. The Morgan fingerprint density at radius 3 is 2.16 bits per heavy atom. The molecular formula is C25H25ClO5. The first-order valence-corrected chi connectivity index (χ1v) is 11.2. The third-order valence-electron chi connectivity index (χ3n) is 6.55. The van der Waals surface area contributed by atoms with Crippen molar-refractivity contribution in [3.8, 4) is 11.1 Å². The van der Waals surface area contributed by atoms with E-state index in [1.165, 1.54) is 0 Å². The highest BCUT2D eigenvalue weighted by Crippen LogP contribution is 2.38. The summed E-state index contributed by atoms with van der Waals surface area (Å²) in [7, 11) is 0.